The van der Waals surface area contributed by atoms with Crippen LogP contribution in [0.4, 0.5) is 0 Å². The van der Waals surface area contributed by atoms with Crippen molar-refractivity contribution in [1.29, 1.82) is 0 Å². The number of carbonyl (C=O) groups is 1. The van der Waals surface area contributed by atoms with E-state index in [1.807, 2.05) is 18.2 Å². The minimum atomic E-state index is -0.359. The molecule has 1 aromatic rings. The van der Waals surface area contributed by atoms with Gasteiger partial charge in [0.05, 0.1) is 0 Å². The molecule has 17 heavy (non-hydrogen) atoms. The lowest BCUT2D eigenvalue weighted by molar-refractivity contribution is 0.0997. The highest BCUT2D eigenvalue weighted by Gasteiger charge is 2.18. The largest absolute Gasteiger partial charge is 0.366 e. The smallest absolute Gasteiger partial charge is 0.249 e. The molecule has 0 aromatic heterocycles. The molecule has 0 radical (unpaired) electrons. The lowest BCUT2D eigenvalue weighted by Crippen LogP contribution is -2.42. The zero-order chi connectivity index (χ0) is 12.3. The predicted octanol–water partition coefficient (Wildman–Crippen LogP) is 0.709. The van der Waals surface area contributed by atoms with Gasteiger partial charge in [0.25, 0.3) is 0 Å². The second-order valence-electron chi connectivity index (χ2n) is 4.66. The van der Waals surface area contributed by atoms with E-state index in [9.17, 15) is 4.79 Å². The summed E-state index contributed by atoms with van der Waals surface area (Å²) >= 11 is 0. The van der Waals surface area contributed by atoms with Gasteiger partial charge in [0.1, 0.15) is 0 Å². The van der Waals surface area contributed by atoms with Crippen LogP contribution in [0.15, 0.2) is 24.3 Å². The fourth-order valence-electron chi connectivity index (χ4n) is 2.37. The monoisotopic (exact) mass is 233 g/mol. The molecular weight excluding hydrogens is 214 g/mol. The van der Waals surface area contributed by atoms with Gasteiger partial charge in [-0.25, -0.2) is 0 Å². The van der Waals surface area contributed by atoms with Crippen LogP contribution in [0.25, 0.3) is 0 Å². The SMILES string of the molecule is NC(=O)c1ccccc1CN1CCCC(N)C1. The number of hydrogen-bond acceptors (Lipinski definition) is 3. The topological polar surface area (TPSA) is 72.4 Å². The Morgan fingerprint density at radius 2 is 2.18 bits per heavy atom. The summed E-state index contributed by atoms with van der Waals surface area (Å²) in [4.78, 5) is 13.6. The van der Waals surface area contributed by atoms with Crippen molar-refractivity contribution in [2.45, 2.75) is 25.4 Å². The van der Waals surface area contributed by atoms with Gasteiger partial charge in [0.2, 0.25) is 5.91 Å². The van der Waals surface area contributed by atoms with E-state index < -0.39 is 0 Å². The summed E-state index contributed by atoms with van der Waals surface area (Å²) in [5, 5.41) is 0. The molecule has 1 atom stereocenters. The van der Waals surface area contributed by atoms with Crippen molar-refractivity contribution < 1.29 is 4.79 Å². The van der Waals surface area contributed by atoms with Gasteiger partial charge in [0, 0.05) is 24.7 Å². The lowest BCUT2D eigenvalue weighted by Gasteiger charge is -2.31. The van der Waals surface area contributed by atoms with E-state index >= 15 is 0 Å². The van der Waals surface area contributed by atoms with Gasteiger partial charge in [-0.15, -0.1) is 0 Å². The van der Waals surface area contributed by atoms with Gasteiger partial charge in [-0.2, -0.15) is 0 Å². The summed E-state index contributed by atoms with van der Waals surface area (Å²) in [5.41, 5.74) is 12.9. The molecule has 1 amide bonds. The zero-order valence-electron chi connectivity index (χ0n) is 9.93. The van der Waals surface area contributed by atoms with Crippen molar-refractivity contribution >= 4 is 5.91 Å². The van der Waals surface area contributed by atoms with Crippen molar-refractivity contribution in [3.63, 3.8) is 0 Å². The molecule has 4 nitrogen and oxygen atoms in total. The van der Waals surface area contributed by atoms with Crippen molar-refractivity contribution in [2.24, 2.45) is 11.5 Å². The Kier molecular flexibility index (Phi) is 3.76. The maximum absolute atomic E-state index is 11.3. The highest BCUT2D eigenvalue weighted by Crippen LogP contribution is 2.15. The van der Waals surface area contributed by atoms with E-state index in [0.29, 0.717) is 5.56 Å². The Hall–Kier alpha value is -1.39. The van der Waals surface area contributed by atoms with Crippen molar-refractivity contribution in [2.75, 3.05) is 13.1 Å². The Morgan fingerprint density at radius 3 is 2.88 bits per heavy atom. The van der Waals surface area contributed by atoms with Crippen LogP contribution in [0, 0.1) is 0 Å². The molecule has 1 aromatic carbocycles. The number of rotatable bonds is 3. The quantitative estimate of drug-likeness (QED) is 0.807. The van der Waals surface area contributed by atoms with E-state index in [-0.39, 0.29) is 11.9 Å². The molecule has 2 rings (SSSR count). The molecule has 1 saturated heterocycles. The predicted molar refractivity (Wildman–Crippen MR) is 67.4 cm³/mol. The molecule has 1 heterocycles. The molecule has 0 aliphatic carbocycles. The van der Waals surface area contributed by atoms with Crippen molar-refractivity contribution in [3.8, 4) is 0 Å². The Labute approximate surface area is 102 Å². The maximum Gasteiger partial charge on any atom is 0.249 e. The fraction of sp³-hybridized carbons (Fsp3) is 0.462. The summed E-state index contributed by atoms with van der Waals surface area (Å²) in [6.45, 7) is 2.70. The number of carbonyl (C=O) groups excluding carboxylic acids is 1. The van der Waals surface area contributed by atoms with Crippen LogP contribution >= 0.6 is 0 Å². The molecule has 1 aliphatic heterocycles. The number of hydrogen-bond donors (Lipinski definition) is 2. The Morgan fingerprint density at radius 1 is 1.41 bits per heavy atom. The second kappa shape index (κ2) is 5.29. The van der Waals surface area contributed by atoms with Crippen molar-refractivity contribution in [3.05, 3.63) is 35.4 Å². The third kappa shape index (κ3) is 3.05. The van der Waals surface area contributed by atoms with Crippen molar-refractivity contribution in [1.82, 2.24) is 4.90 Å². The first-order valence-electron chi connectivity index (χ1n) is 6.02. The first kappa shape index (κ1) is 12.1. The number of amides is 1. The molecule has 0 saturated carbocycles. The number of primary amides is 1. The highest BCUT2D eigenvalue weighted by molar-refractivity contribution is 5.94. The van der Waals surface area contributed by atoms with Gasteiger partial charge in [0.15, 0.2) is 0 Å². The first-order valence-corrected chi connectivity index (χ1v) is 6.02. The Bertz CT molecular complexity index is 405. The normalized spacial score (nSPS) is 21.4. The fourth-order valence-corrected chi connectivity index (χ4v) is 2.37. The number of nitrogens with zero attached hydrogens (tertiary/aromatic N) is 1. The summed E-state index contributed by atoms with van der Waals surface area (Å²) in [7, 11) is 0. The lowest BCUT2D eigenvalue weighted by atomic mass is 10.0. The molecule has 1 aliphatic rings. The second-order valence-corrected chi connectivity index (χ2v) is 4.66. The minimum Gasteiger partial charge on any atom is -0.366 e. The number of piperidine rings is 1. The molecule has 1 unspecified atom stereocenters. The van der Waals surface area contributed by atoms with Crippen LogP contribution in [-0.2, 0) is 6.54 Å². The van der Waals surface area contributed by atoms with Crippen LogP contribution in [0.3, 0.4) is 0 Å². The van der Waals surface area contributed by atoms with Crippen LogP contribution < -0.4 is 11.5 Å². The third-order valence-electron chi connectivity index (χ3n) is 3.22. The van der Waals surface area contributed by atoms with Crippen LogP contribution in [0.2, 0.25) is 0 Å². The highest BCUT2D eigenvalue weighted by atomic mass is 16.1. The molecular formula is C13H19N3O. The minimum absolute atomic E-state index is 0.254. The average molecular weight is 233 g/mol. The molecule has 1 fully saturated rings. The average Bonchev–Trinajstić information content (AvgIpc) is 2.29. The van der Waals surface area contributed by atoms with Crippen LogP contribution in [0.1, 0.15) is 28.8 Å². The number of nitrogens with two attached hydrogens (primary N) is 2. The Balaban J connectivity index is 2.10. The molecule has 4 heteroatoms. The molecule has 0 spiro atoms. The number of likely N-dealkylation sites (tertiary alicyclic amines) is 1. The van der Waals surface area contributed by atoms with Gasteiger partial charge in [-0.05, 0) is 31.0 Å². The van der Waals surface area contributed by atoms with Crippen LogP contribution in [-0.4, -0.2) is 29.9 Å². The molecule has 92 valence electrons. The third-order valence-corrected chi connectivity index (χ3v) is 3.22. The van der Waals surface area contributed by atoms with E-state index in [2.05, 4.69) is 4.90 Å². The molecule has 4 N–H and O–H groups in total. The standard InChI is InChI=1S/C13H19N3O/c14-11-5-3-7-16(9-11)8-10-4-1-2-6-12(10)13(15)17/h1-2,4,6,11H,3,5,7-9,14H2,(H2,15,17). The van der Waals surface area contributed by atoms with Crippen LogP contribution in [0.5, 0.6) is 0 Å². The van der Waals surface area contributed by atoms with E-state index in [1.165, 1.54) is 0 Å². The van der Waals surface area contributed by atoms with Gasteiger partial charge >= 0.3 is 0 Å². The van der Waals surface area contributed by atoms with Gasteiger partial charge in [-0.3, -0.25) is 9.69 Å². The van der Waals surface area contributed by atoms with E-state index in [1.54, 1.807) is 6.07 Å². The summed E-state index contributed by atoms with van der Waals surface area (Å²) in [6.07, 6.45) is 2.22. The van der Waals surface area contributed by atoms with E-state index in [0.717, 1.165) is 38.0 Å². The maximum atomic E-state index is 11.3. The molecule has 0 bridgehead atoms. The summed E-state index contributed by atoms with van der Waals surface area (Å²) < 4.78 is 0. The number of benzene rings is 1. The first-order chi connectivity index (χ1) is 8.16. The van der Waals surface area contributed by atoms with E-state index in [4.69, 9.17) is 11.5 Å². The van der Waals surface area contributed by atoms with Gasteiger partial charge in [-0.1, -0.05) is 18.2 Å². The summed E-state index contributed by atoms with van der Waals surface area (Å²) in [6, 6.07) is 7.77. The summed E-state index contributed by atoms with van der Waals surface area (Å²) in [5.74, 6) is -0.359. The zero-order valence-corrected chi connectivity index (χ0v) is 9.93. The van der Waals surface area contributed by atoms with Gasteiger partial charge < -0.3 is 11.5 Å².